The number of aliphatic carboxylic acids is 1. The van der Waals surface area contributed by atoms with Crippen LogP contribution in [0.5, 0.6) is 11.5 Å². The fraction of sp³-hybridized carbons (Fsp3) is 0.349. The molecule has 0 bridgehead atoms. The first-order valence-electron chi connectivity index (χ1n) is 26.3. The molecule has 0 spiro atoms. The predicted molar refractivity (Wildman–Crippen MR) is 298 cm³/mol. The summed E-state index contributed by atoms with van der Waals surface area (Å²) < 4.78 is 22.9. The highest BCUT2D eigenvalue weighted by atomic mass is 16.6. The van der Waals surface area contributed by atoms with Gasteiger partial charge in [0.25, 0.3) is 0 Å². The number of hydrogen-bond donors (Lipinski definition) is 3. The summed E-state index contributed by atoms with van der Waals surface area (Å²) in [6.07, 6.45) is 3.86. The highest BCUT2D eigenvalue weighted by molar-refractivity contribution is 6.02. The molecular weight excluding hydrogens is 973 g/mol. The average Bonchev–Trinajstić information content (AvgIpc) is 4.02. The average molecular weight is 1050 g/mol. The van der Waals surface area contributed by atoms with Crippen LogP contribution in [-0.2, 0) is 80.4 Å². The second-order valence-electron chi connectivity index (χ2n) is 21.4. The Morgan fingerprint density at radius 3 is 1.35 bits per heavy atom. The van der Waals surface area contributed by atoms with E-state index in [-0.39, 0.29) is 18.7 Å². The summed E-state index contributed by atoms with van der Waals surface area (Å²) >= 11 is 0. The number of carboxylic acids is 1. The number of fused-ring (bicyclic) bond motifs is 2. The summed E-state index contributed by atoms with van der Waals surface area (Å²) in [5.41, 5.74) is 15.1. The number of carbonyl (C=O) groups is 5. The zero-order chi connectivity index (χ0) is 55.1. The molecular formula is C63H72N4O10. The van der Waals surface area contributed by atoms with Gasteiger partial charge in [-0.2, -0.15) is 0 Å². The molecule has 0 aliphatic carbocycles. The van der Waals surface area contributed by atoms with Gasteiger partial charge >= 0.3 is 18.0 Å². The van der Waals surface area contributed by atoms with Crippen molar-refractivity contribution < 1.29 is 48.0 Å². The zero-order valence-corrected chi connectivity index (χ0v) is 45.1. The number of nitrogens with one attached hydrogen (secondary N) is 1. The molecule has 14 nitrogen and oxygen atoms in total. The first kappa shape index (κ1) is 56.8. The number of amides is 3. The van der Waals surface area contributed by atoms with Gasteiger partial charge in [0.2, 0.25) is 11.8 Å². The summed E-state index contributed by atoms with van der Waals surface area (Å²) in [4.78, 5) is 65.4. The van der Waals surface area contributed by atoms with Gasteiger partial charge in [-0.1, -0.05) is 109 Å². The van der Waals surface area contributed by atoms with E-state index in [0.29, 0.717) is 44.9 Å². The van der Waals surface area contributed by atoms with Crippen molar-refractivity contribution in [1.82, 2.24) is 5.32 Å². The molecule has 0 saturated heterocycles. The van der Waals surface area contributed by atoms with Crippen LogP contribution in [0.15, 0.2) is 146 Å². The van der Waals surface area contributed by atoms with Crippen LogP contribution in [0.4, 0.5) is 16.2 Å². The van der Waals surface area contributed by atoms with Crippen LogP contribution in [0.2, 0.25) is 0 Å². The van der Waals surface area contributed by atoms with E-state index in [1.807, 2.05) is 48.5 Å². The molecule has 2 aliphatic heterocycles. The third-order valence-corrected chi connectivity index (χ3v) is 12.9. The predicted octanol–water partition coefficient (Wildman–Crippen LogP) is 10.3. The molecule has 404 valence electrons. The third kappa shape index (κ3) is 17.5. The monoisotopic (exact) mass is 1040 g/mol. The highest BCUT2D eigenvalue weighted by Crippen LogP contribution is 2.34. The SMILES string of the molecule is CC(C)(C)OC(=O)C[C@@H](NC(=O)OC(C)(C)C)C(=O)N1CCc2cc(OCc3ccc(CCc4ccccc4)cc3)ccc21.N[C@H](CC(=O)O)C(=O)N1CCc2cc(OCc3ccc(CCc4ccccc4)cc3)ccc21. The lowest BCUT2D eigenvalue weighted by molar-refractivity contribution is -0.156. The molecule has 6 aromatic carbocycles. The lowest BCUT2D eigenvalue weighted by atomic mass is 10.0. The summed E-state index contributed by atoms with van der Waals surface area (Å²) in [7, 11) is 0. The number of nitrogens with two attached hydrogens (primary N) is 1. The number of esters is 1. The molecule has 0 fully saturated rings. The number of carbonyl (C=O) groups excluding carboxylic acids is 4. The Bertz CT molecular complexity index is 2920. The Morgan fingerprint density at radius 2 is 0.935 bits per heavy atom. The highest BCUT2D eigenvalue weighted by Gasteiger charge is 2.35. The van der Waals surface area contributed by atoms with Crippen molar-refractivity contribution in [3.05, 3.63) is 190 Å². The molecule has 3 amide bonds. The second kappa shape index (κ2) is 26.2. The van der Waals surface area contributed by atoms with E-state index in [1.165, 1.54) is 22.3 Å². The molecule has 0 saturated carbocycles. The Kier molecular flexibility index (Phi) is 19.3. The van der Waals surface area contributed by atoms with Gasteiger partial charge < -0.3 is 44.9 Å². The molecule has 77 heavy (non-hydrogen) atoms. The van der Waals surface area contributed by atoms with E-state index < -0.39 is 47.2 Å². The topological polar surface area (TPSA) is 187 Å². The number of hydrogen-bond acceptors (Lipinski definition) is 10. The van der Waals surface area contributed by atoms with E-state index in [4.69, 9.17) is 29.8 Å². The van der Waals surface area contributed by atoms with Crippen molar-refractivity contribution in [3.63, 3.8) is 0 Å². The van der Waals surface area contributed by atoms with Gasteiger partial charge in [-0.05, 0) is 161 Å². The van der Waals surface area contributed by atoms with Gasteiger partial charge in [-0.3, -0.25) is 19.2 Å². The van der Waals surface area contributed by atoms with Crippen molar-refractivity contribution in [2.24, 2.45) is 5.73 Å². The van der Waals surface area contributed by atoms with Crippen molar-refractivity contribution in [1.29, 1.82) is 0 Å². The van der Waals surface area contributed by atoms with Crippen molar-refractivity contribution in [2.75, 3.05) is 22.9 Å². The third-order valence-electron chi connectivity index (χ3n) is 12.9. The van der Waals surface area contributed by atoms with Gasteiger partial charge in [-0.25, -0.2) is 4.79 Å². The first-order valence-corrected chi connectivity index (χ1v) is 26.3. The summed E-state index contributed by atoms with van der Waals surface area (Å²) in [5, 5.41) is 11.5. The van der Waals surface area contributed by atoms with E-state index >= 15 is 0 Å². The largest absolute Gasteiger partial charge is 0.489 e. The smallest absolute Gasteiger partial charge is 0.408 e. The molecule has 0 aromatic heterocycles. The number of nitrogens with zero attached hydrogens (tertiary/aromatic N) is 2. The number of aryl methyl sites for hydroxylation is 4. The summed E-state index contributed by atoms with van der Waals surface area (Å²) in [6.45, 7) is 12.3. The maximum absolute atomic E-state index is 13.7. The van der Waals surface area contributed by atoms with Gasteiger partial charge in [0, 0.05) is 24.5 Å². The Balaban J connectivity index is 0.000000233. The minimum absolute atomic E-state index is 0.312. The maximum Gasteiger partial charge on any atom is 0.408 e. The second-order valence-corrected chi connectivity index (χ2v) is 21.4. The molecule has 0 unspecified atom stereocenters. The molecule has 2 atom stereocenters. The Morgan fingerprint density at radius 1 is 0.532 bits per heavy atom. The molecule has 14 heteroatoms. The van der Waals surface area contributed by atoms with E-state index in [2.05, 4.69) is 102 Å². The number of benzene rings is 6. The van der Waals surface area contributed by atoms with Crippen LogP contribution in [0.3, 0.4) is 0 Å². The lowest BCUT2D eigenvalue weighted by Crippen LogP contribution is -2.50. The molecule has 8 rings (SSSR count). The quantitative estimate of drug-likeness (QED) is 0.0656. The van der Waals surface area contributed by atoms with Crippen LogP contribution in [0.25, 0.3) is 0 Å². The fourth-order valence-corrected chi connectivity index (χ4v) is 9.06. The van der Waals surface area contributed by atoms with Crippen LogP contribution in [-0.4, -0.2) is 71.3 Å². The number of rotatable bonds is 19. The van der Waals surface area contributed by atoms with Gasteiger partial charge in [0.05, 0.1) is 18.9 Å². The van der Waals surface area contributed by atoms with Crippen molar-refractivity contribution in [3.8, 4) is 11.5 Å². The minimum Gasteiger partial charge on any atom is -0.489 e. The molecule has 2 aliphatic rings. The van der Waals surface area contributed by atoms with Crippen LogP contribution in [0.1, 0.15) is 98.9 Å². The molecule has 2 heterocycles. The molecule has 6 aromatic rings. The van der Waals surface area contributed by atoms with Gasteiger partial charge in [0.1, 0.15) is 42.0 Å². The minimum atomic E-state index is -1.14. The first-order chi connectivity index (χ1) is 36.7. The number of alkyl carbamates (subject to hydrolysis) is 1. The van der Waals surface area contributed by atoms with Crippen LogP contribution < -0.4 is 30.3 Å². The van der Waals surface area contributed by atoms with Gasteiger partial charge in [-0.15, -0.1) is 0 Å². The Labute approximate surface area is 452 Å². The van der Waals surface area contributed by atoms with E-state index in [1.54, 1.807) is 51.3 Å². The van der Waals surface area contributed by atoms with Crippen molar-refractivity contribution >= 4 is 41.2 Å². The number of carboxylic acid groups (broad SMARTS) is 1. The number of ether oxygens (including phenoxy) is 4. The molecule has 0 radical (unpaired) electrons. The van der Waals surface area contributed by atoms with Crippen LogP contribution in [0, 0.1) is 0 Å². The number of anilines is 2. The van der Waals surface area contributed by atoms with Gasteiger partial charge in [0.15, 0.2) is 0 Å². The zero-order valence-electron chi connectivity index (χ0n) is 45.1. The Hall–Kier alpha value is -7.97. The lowest BCUT2D eigenvalue weighted by Gasteiger charge is -2.27. The normalized spacial score (nSPS) is 13.5. The molecule has 4 N–H and O–H groups in total. The summed E-state index contributed by atoms with van der Waals surface area (Å²) in [6, 6.07) is 47.0. The summed E-state index contributed by atoms with van der Waals surface area (Å²) in [5.74, 6) is -0.976. The maximum atomic E-state index is 13.7. The van der Waals surface area contributed by atoms with Crippen LogP contribution >= 0.6 is 0 Å². The standard InChI is InChI=1S/C36H44N2O6.C27H28N2O4/c1-35(2,3)43-32(39)23-30(37-34(41)44-36(4,5)6)33(40)38-21-20-28-22-29(18-19-31(28)38)42-24-27-16-14-26(15-17-27)13-12-25-10-8-7-9-11-25;28-24(17-26(30)31)27(32)29-15-14-22-16-23(12-13-25(22)29)33-18-21-10-8-20(9-11-21)7-6-19-4-2-1-3-5-19/h7-11,14-19,22,30H,12-13,20-21,23-24H2,1-6H3,(H,37,41);1-5,8-13,16,24H,6-7,14-15,17-18,28H2,(H,30,31)/t30-;24-/m11/s1. The van der Waals surface area contributed by atoms with E-state index in [9.17, 15) is 24.0 Å². The van der Waals surface area contributed by atoms with E-state index in [0.717, 1.165) is 65.1 Å². The van der Waals surface area contributed by atoms with Crippen molar-refractivity contribution in [2.45, 2.75) is 129 Å². The fourth-order valence-electron chi connectivity index (χ4n) is 9.06.